The van der Waals surface area contributed by atoms with Crippen molar-refractivity contribution < 1.29 is 4.74 Å². The molecule has 0 N–H and O–H groups in total. The number of ether oxygens (including phenoxy) is 1. The molecular formula is C24H29NO. The fourth-order valence-corrected chi connectivity index (χ4v) is 2.43. The van der Waals surface area contributed by atoms with Crippen LogP contribution in [0.25, 0.3) is 0 Å². The second-order valence-corrected chi connectivity index (χ2v) is 7.54. The molecule has 2 aromatic carbocycles. The molecule has 0 atom stereocenters. The Kier molecular flexibility index (Phi) is 7.51. The van der Waals surface area contributed by atoms with Gasteiger partial charge in [0.05, 0.1) is 0 Å². The Morgan fingerprint density at radius 3 is 2.46 bits per heavy atom. The number of hydrogen-bond acceptors (Lipinski definition) is 2. The lowest BCUT2D eigenvalue weighted by Crippen LogP contribution is -2.17. The predicted octanol–water partition coefficient (Wildman–Crippen LogP) is 5.30. The fraction of sp³-hybridized carbons (Fsp3) is 0.333. The van der Waals surface area contributed by atoms with Crippen LogP contribution in [-0.4, -0.2) is 18.5 Å². The summed E-state index contributed by atoms with van der Waals surface area (Å²) in [6.07, 6.45) is 4.06. The molecule has 0 unspecified atom stereocenters. The van der Waals surface area contributed by atoms with Crippen LogP contribution >= 0.6 is 0 Å². The van der Waals surface area contributed by atoms with Gasteiger partial charge in [0.2, 0.25) is 0 Å². The van der Waals surface area contributed by atoms with Gasteiger partial charge in [0, 0.05) is 18.5 Å². The zero-order valence-corrected chi connectivity index (χ0v) is 16.3. The lowest BCUT2D eigenvalue weighted by molar-refractivity contribution is 0.305. The molecule has 0 aliphatic carbocycles. The molecule has 0 saturated carbocycles. The molecule has 0 aliphatic heterocycles. The lowest BCUT2D eigenvalue weighted by Gasteiger charge is -2.15. The van der Waals surface area contributed by atoms with Crippen molar-refractivity contribution in [3.63, 3.8) is 0 Å². The summed E-state index contributed by atoms with van der Waals surface area (Å²) in [5, 5.41) is 0. The summed E-state index contributed by atoms with van der Waals surface area (Å²) in [4.78, 5) is 2.27. The normalized spacial score (nSPS) is 11.4. The van der Waals surface area contributed by atoms with Crippen molar-refractivity contribution in [1.29, 1.82) is 0 Å². The van der Waals surface area contributed by atoms with Gasteiger partial charge in [-0.1, -0.05) is 60.4 Å². The monoisotopic (exact) mass is 347 g/mol. The van der Waals surface area contributed by atoms with Gasteiger partial charge in [-0.3, -0.25) is 4.90 Å². The highest BCUT2D eigenvalue weighted by atomic mass is 16.5. The van der Waals surface area contributed by atoms with Crippen molar-refractivity contribution in [2.75, 3.05) is 13.6 Å². The van der Waals surface area contributed by atoms with E-state index >= 15 is 0 Å². The molecule has 0 radical (unpaired) electrons. The van der Waals surface area contributed by atoms with E-state index in [9.17, 15) is 0 Å². The van der Waals surface area contributed by atoms with E-state index in [1.165, 1.54) is 11.1 Å². The molecule has 0 fully saturated rings. The first kappa shape index (κ1) is 19.8. The highest BCUT2D eigenvalue weighted by Gasteiger charge is 2.03. The van der Waals surface area contributed by atoms with Crippen molar-refractivity contribution in [2.45, 2.75) is 33.9 Å². The topological polar surface area (TPSA) is 12.5 Å². The zero-order valence-electron chi connectivity index (χ0n) is 16.3. The van der Waals surface area contributed by atoms with Crippen molar-refractivity contribution in [3.05, 3.63) is 77.9 Å². The Bertz CT molecular complexity index is 760. The first-order chi connectivity index (χ1) is 12.4. The molecule has 136 valence electrons. The van der Waals surface area contributed by atoms with E-state index < -0.39 is 0 Å². The van der Waals surface area contributed by atoms with Gasteiger partial charge in [0.25, 0.3) is 0 Å². The average Bonchev–Trinajstić information content (AvgIpc) is 2.60. The SMILES string of the molecule is CN(C/C=C/C#CC(C)(C)C)Cc1cccc(COc2ccccc2)c1. The number of rotatable bonds is 7. The minimum absolute atomic E-state index is 0.0541. The Hall–Kier alpha value is -2.50. The number of para-hydroxylation sites is 1. The summed E-state index contributed by atoms with van der Waals surface area (Å²) in [7, 11) is 2.12. The maximum atomic E-state index is 5.83. The van der Waals surface area contributed by atoms with Gasteiger partial charge in [-0.25, -0.2) is 0 Å². The third-order valence-corrected chi connectivity index (χ3v) is 3.66. The number of benzene rings is 2. The van der Waals surface area contributed by atoms with Crippen LogP contribution in [0.15, 0.2) is 66.7 Å². The van der Waals surface area contributed by atoms with Gasteiger partial charge < -0.3 is 4.74 Å². The van der Waals surface area contributed by atoms with Crippen molar-refractivity contribution >= 4 is 0 Å². The van der Waals surface area contributed by atoms with Gasteiger partial charge in [-0.05, 0) is 57.2 Å². The summed E-state index contributed by atoms with van der Waals surface area (Å²) in [6.45, 7) is 8.72. The lowest BCUT2D eigenvalue weighted by atomic mass is 9.98. The summed E-state index contributed by atoms with van der Waals surface area (Å²) in [5.74, 6) is 7.22. The van der Waals surface area contributed by atoms with E-state index in [0.717, 1.165) is 18.8 Å². The minimum atomic E-state index is 0.0541. The largest absolute Gasteiger partial charge is 0.489 e. The number of hydrogen-bond donors (Lipinski definition) is 0. The van der Waals surface area contributed by atoms with Crippen LogP contribution in [0.3, 0.4) is 0 Å². The van der Waals surface area contributed by atoms with Gasteiger partial charge in [-0.15, -0.1) is 0 Å². The van der Waals surface area contributed by atoms with E-state index in [-0.39, 0.29) is 5.41 Å². The van der Waals surface area contributed by atoms with E-state index in [2.05, 4.69) is 74.9 Å². The van der Waals surface area contributed by atoms with Gasteiger partial charge in [0.1, 0.15) is 12.4 Å². The average molecular weight is 348 g/mol. The maximum absolute atomic E-state index is 5.83. The molecule has 0 amide bonds. The van der Waals surface area contributed by atoms with E-state index in [0.29, 0.717) is 6.61 Å². The van der Waals surface area contributed by atoms with Gasteiger partial charge in [0.15, 0.2) is 0 Å². The molecule has 0 aromatic heterocycles. The molecule has 0 heterocycles. The summed E-state index contributed by atoms with van der Waals surface area (Å²) >= 11 is 0. The second kappa shape index (κ2) is 9.85. The molecule has 26 heavy (non-hydrogen) atoms. The summed E-state index contributed by atoms with van der Waals surface area (Å²) in [6, 6.07) is 18.5. The van der Waals surface area contributed by atoms with Gasteiger partial charge in [-0.2, -0.15) is 0 Å². The standard InChI is InChI=1S/C24H29NO/c1-24(2,3)16-9-6-10-17-25(4)19-21-12-11-13-22(18-21)20-26-23-14-7-5-8-15-23/h5-8,10-15,18H,17,19-20H2,1-4H3/b10-6+. The van der Waals surface area contributed by atoms with Crippen molar-refractivity contribution in [1.82, 2.24) is 4.90 Å². The molecule has 0 spiro atoms. The Balaban J connectivity index is 1.83. The van der Waals surface area contributed by atoms with Crippen LogP contribution in [0.2, 0.25) is 0 Å². The Morgan fingerprint density at radius 2 is 1.73 bits per heavy atom. The molecule has 0 aliphatic rings. The molecule has 2 aromatic rings. The van der Waals surface area contributed by atoms with E-state index in [4.69, 9.17) is 4.74 Å². The molecule has 0 saturated heterocycles. The van der Waals surface area contributed by atoms with Crippen molar-refractivity contribution in [3.8, 4) is 17.6 Å². The number of allylic oxidation sites excluding steroid dienone is 1. The molecule has 2 heteroatoms. The Labute approximate surface area is 158 Å². The number of nitrogens with zero attached hydrogens (tertiary/aromatic N) is 1. The summed E-state index contributed by atoms with van der Waals surface area (Å²) in [5.41, 5.74) is 2.53. The van der Waals surface area contributed by atoms with Crippen LogP contribution in [-0.2, 0) is 13.2 Å². The third-order valence-electron chi connectivity index (χ3n) is 3.66. The molecule has 2 rings (SSSR count). The zero-order chi connectivity index (χ0) is 18.8. The molecule has 0 bridgehead atoms. The smallest absolute Gasteiger partial charge is 0.119 e. The highest BCUT2D eigenvalue weighted by molar-refractivity contribution is 5.25. The Morgan fingerprint density at radius 1 is 1.00 bits per heavy atom. The summed E-state index contributed by atoms with van der Waals surface area (Å²) < 4.78 is 5.83. The molecule has 2 nitrogen and oxygen atoms in total. The predicted molar refractivity (Wildman–Crippen MR) is 110 cm³/mol. The first-order valence-electron chi connectivity index (χ1n) is 9.04. The van der Waals surface area contributed by atoms with Crippen LogP contribution in [0.5, 0.6) is 5.75 Å². The van der Waals surface area contributed by atoms with Crippen molar-refractivity contribution in [2.24, 2.45) is 5.41 Å². The van der Waals surface area contributed by atoms with Crippen LogP contribution in [0, 0.1) is 17.3 Å². The molecular weight excluding hydrogens is 318 g/mol. The first-order valence-corrected chi connectivity index (χ1v) is 9.04. The number of likely N-dealkylation sites (N-methyl/N-ethyl adjacent to an activating group) is 1. The van der Waals surface area contributed by atoms with E-state index in [1.54, 1.807) is 0 Å². The van der Waals surface area contributed by atoms with E-state index in [1.807, 2.05) is 36.4 Å². The highest BCUT2D eigenvalue weighted by Crippen LogP contribution is 2.13. The minimum Gasteiger partial charge on any atom is -0.489 e. The maximum Gasteiger partial charge on any atom is 0.119 e. The quantitative estimate of drug-likeness (QED) is 0.630. The van der Waals surface area contributed by atoms with Gasteiger partial charge >= 0.3 is 0 Å². The van der Waals surface area contributed by atoms with Crippen LogP contribution in [0.4, 0.5) is 0 Å². The van der Waals surface area contributed by atoms with Crippen LogP contribution < -0.4 is 4.74 Å². The van der Waals surface area contributed by atoms with Crippen LogP contribution in [0.1, 0.15) is 31.9 Å². The fourth-order valence-electron chi connectivity index (χ4n) is 2.43. The third kappa shape index (κ3) is 8.05. The second-order valence-electron chi connectivity index (χ2n) is 7.54.